The molecule has 0 bridgehead atoms. The second-order valence-corrected chi connectivity index (χ2v) is 5.32. The second-order valence-electron chi connectivity index (χ2n) is 4.88. The summed E-state index contributed by atoms with van der Waals surface area (Å²) in [6.07, 6.45) is 1.67. The minimum Gasteiger partial charge on any atom is -0.456 e. The molecule has 0 fully saturated rings. The standard InChI is InChI=1S/C16H20ClNO4/c1-3-4-9-18(16(21)11-22-12(2)19)10-15(20)13-5-7-14(17)8-6-13/h5-8H,3-4,9-11H2,1-2H3. The summed E-state index contributed by atoms with van der Waals surface area (Å²) < 4.78 is 4.71. The molecule has 1 aromatic carbocycles. The lowest BCUT2D eigenvalue weighted by molar-refractivity contribution is -0.150. The van der Waals surface area contributed by atoms with E-state index >= 15 is 0 Å². The Morgan fingerprint density at radius 1 is 1.18 bits per heavy atom. The molecule has 1 aromatic rings. The van der Waals surface area contributed by atoms with Crippen LogP contribution in [0.15, 0.2) is 24.3 Å². The van der Waals surface area contributed by atoms with Crippen LogP contribution in [0.4, 0.5) is 0 Å². The van der Waals surface area contributed by atoms with Crippen LogP contribution in [0.1, 0.15) is 37.0 Å². The highest BCUT2D eigenvalue weighted by Gasteiger charge is 2.18. The maximum Gasteiger partial charge on any atom is 0.303 e. The van der Waals surface area contributed by atoms with Gasteiger partial charge in [0.25, 0.3) is 5.91 Å². The smallest absolute Gasteiger partial charge is 0.303 e. The highest BCUT2D eigenvalue weighted by molar-refractivity contribution is 6.30. The van der Waals surface area contributed by atoms with E-state index in [0.29, 0.717) is 17.1 Å². The summed E-state index contributed by atoms with van der Waals surface area (Å²) in [5, 5.41) is 0.547. The minimum atomic E-state index is -0.521. The van der Waals surface area contributed by atoms with Gasteiger partial charge >= 0.3 is 5.97 Å². The maximum absolute atomic E-state index is 12.2. The van der Waals surface area contributed by atoms with Crippen molar-refractivity contribution in [2.75, 3.05) is 19.7 Å². The van der Waals surface area contributed by atoms with Crippen molar-refractivity contribution in [2.24, 2.45) is 0 Å². The summed E-state index contributed by atoms with van der Waals surface area (Å²) >= 11 is 5.79. The highest BCUT2D eigenvalue weighted by atomic mass is 35.5. The molecule has 120 valence electrons. The molecule has 0 N–H and O–H groups in total. The van der Waals surface area contributed by atoms with E-state index in [2.05, 4.69) is 0 Å². The molecule has 0 aromatic heterocycles. The van der Waals surface area contributed by atoms with Gasteiger partial charge in [0.15, 0.2) is 12.4 Å². The molecule has 1 rings (SSSR count). The number of hydrogen-bond acceptors (Lipinski definition) is 4. The van der Waals surface area contributed by atoms with Gasteiger partial charge in [0, 0.05) is 24.1 Å². The molecule has 0 aliphatic rings. The summed E-state index contributed by atoms with van der Waals surface area (Å²) in [5.41, 5.74) is 0.492. The summed E-state index contributed by atoms with van der Waals surface area (Å²) in [4.78, 5) is 36.5. The van der Waals surface area contributed by atoms with E-state index in [9.17, 15) is 14.4 Å². The first-order chi connectivity index (χ1) is 10.4. The Hall–Kier alpha value is -1.88. The highest BCUT2D eigenvalue weighted by Crippen LogP contribution is 2.11. The number of rotatable bonds is 8. The van der Waals surface area contributed by atoms with Gasteiger partial charge < -0.3 is 9.64 Å². The van der Waals surface area contributed by atoms with E-state index in [4.69, 9.17) is 16.3 Å². The third kappa shape index (κ3) is 6.26. The average molecular weight is 326 g/mol. The number of ketones is 1. The van der Waals surface area contributed by atoms with Gasteiger partial charge in [0.2, 0.25) is 0 Å². The number of benzene rings is 1. The first-order valence-corrected chi connectivity index (χ1v) is 7.51. The van der Waals surface area contributed by atoms with Crippen molar-refractivity contribution in [2.45, 2.75) is 26.7 Å². The number of carbonyl (C=O) groups is 3. The Balaban J connectivity index is 2.70. The third-order valence-electron chi connectivity index (χ3n) is 3.03. The SMILES string of the molecule is CCCCN(CC(=O)c1ccc(Cl)cc1)C(=O)COC(C)=O. The number of carbonyl (C=O) groups excluding carboxylic acids is 3. The number of ether oxygens (including phenoxy) is 1. The average Bonchev–Trinajstić information content (AvgIpc) is 2.49. The zero-order chi connectivity index (χ0) is 16.5. The van der Waals surface area contributed by atoms with Gasteiger partial charge in [-0.3, -0.25) is 14.4 Å². The lowest BCUT2D eigenvalue weighted by atomic mass is 10.1. The molecule has 0 saturated heterocycles. The van der Waals surface area contributed by atoms with Gasteiger partial charge in [-0.25, -0.2) is 0 Å². The molecule has 0 heterocycles. The molecule has 0 aliphatic carbocycles. The molecular weight excluding hydrogens is 306 g/mol. The van der Waals surface area contributed by atoms with E-state index in [-0.39, 0.29) is 24.8 Å². The second kappa shape index (κ2) is 9.20. The Morgan fingerprint density at radius 2 is 1.82 bits per heavy atom. The number of Topliss-reactive ketones (excluding diaryl/α,β-unsaturated/α-hetero) is 1. The van der Waals surface area contributed by atoms with Crippen LogP contribution >= 0.6 is 11.6 Å². The molecular formula is C16H20ClNO4. The van der Waals surface area contributed by atoms with Crippen LogP contribution in [0.25, 0.3) is 0 Å². The summed E-state index contributed by atoms with van der Waals surface area (Å²) in [7, 11) is 0. The summed E-state index contributed by atoms with van der Waals surface area (Å²) in [5.74, 6) is -1.07. The molecule has 0 unspecified atom stereocenters. The van der Waals surface area contributed by atoms with Crippen molar-refractivity contribution in [1.29, 1.82) is 0 Å². The van der Waals surface area contributed by atoms with Crippen LogP contribution in [-0.2, 0) is 14.3 Å². The molecule has 0 aliphatic heterocycles. The quantitative estimate of drug-likeness (QED) is 0.544. The minimum absolute atomic E-state index is 0.0399. The Labute approximate surface area is 135 Å². The van der Waals surface area contributed by atoms with Crippen molar-refractivity contribution in [3.05, 3.63) is 34.9 Å². The maximum atomic E-state index is 12.2. The topological polar surface area (TPSA) is 63.7 Å². The lowest BCUT2D eigenvalue weighted by Crippen LogP contribution is -2.39. The van der Waals surface area contributed by atoms with Crippen LogP contribution in [0.2, 0.25) is 5.02 Å². The van der Waals surface area contributed by atoms with Gasteiger partial charge in [-0.15, -0.1) is 0 Å². The fourth-order valence-corrected chi connectivity index (χ4v) is 1.92. The molecule has 1 amide bonds. The number of nitrogens with zero attached hydrogens (tertiary/aromatic N) is 1. The van der Waals surface area contributed by atoms with E-state index in [1.165, 1.54) is 11.8 Å². The van der Waals surface area contributed by atoms with Crippen LogP contribution < -0.4 is 0 Å². The van der Waals surface area contributed by atoms with Gasteiger partial charge in [-0.05, 0) is 30.7 Å². The Morgan fingerprint density at radius 3 is 2.36 bits per heavy atom. The largest absolute Gasteiger partial charge is 0.456 e. The fraction of sp³-hybridized carbons (Fsp3) is 0.438. The summed E-state index contributed by atoms with van der Waals surface area (Å²) in [6.45, 7) is 3.31. The van der Waals surface area contributed by atoms with Crippen molar-refractivity contribution in [3.8, 4) is 0 Å². The van der Waals surface area contributed by atoms with Crippen molar-refractivity contribution >= 4 is 29.3 Å². The summed E-state index contributed by atoms with van der Waals surface area (Å²) in [6, 6.07) is 6.51. The van der Waals surface area contributed by atoms with Crippen LogP contribution in [-0.4, -0.2) is 42.3 Å². The van der Waals surface area contributed by atoms with Gasteiger partial charge in [0.05, 0.1) is 6.54 Å². The Kier molecular flexibility index (Phi) is 7.60. The molecule has 22 heavy (non-hydrogen) atoms. The number of hydrogen-bond donors (Lipinski definition) is 0. The molecule has 5 nitrogen and oxygen atoms in total. The molecule has 0 saturated carbocycles. The monoisotopic (exact) mass is 325 g/mol. The van der Waals surface area contributed by atoms with Gasteiger partial charge in [-0.2, -0.15) is 0 Å². The zero-order valence-corrected chi connectivity index (χ0v) is 13.6. The van der Waals surface area contributed by atoms with Crippen molar-refractivity contribution in [3.63, 3.8) is 0 Å². The fourth-order valence-electron chi connectivity index (χ4n) is 1.80. The number of halogens is 1. The third-order valence-corrected chi connectivity index (χ3v) is 3.29. The first-order valence-electron chi connectivity index (χ1n) is 7.14. The molecule has 6 heteroatoms. The van der Waals surface area contributed by atoms with E-state index in [1.807, 2.05) is 6.92 Å². The van der Waals surface area contributed by atoms with Crippen LogP contribution in [0, 0.1) is 0 Å². The van der Waals surface area contributed by atoms with Crippen LogP contribution in [0.5, 0.6) is 0 Å². The Bertz CT molecular complexity index is 527. The van der Waals surface area contributed by atoms with Gasteiger partial charge in [-0.1, -0.05) is 24.9 Å². The van der Waals surface area contributed by atoms with E-state index < -0.39 is 5.97 Å². The van der Waals surface area contributed by atoms with Crippen LogP contribution in [0.3, 0.4) is 0 Å². The number of unbranched alkanes of at least 4 members (excludes halogenated alkanes) is 1. The van der Waals surface area contributed by atoms with E-state index in [0.717, 1.165) is 12.8 Å². The van der Waals surface area contributed by atoms with Gasteiger partial charge in [0.1, 0.15) is 0 Å². The molecule has 0 spiro atoms. The number of esters is 1. The lowest BCUT2D eigenvalue weighted by Gasteiger charge is -2.21. The predicted octanol–water partition coefficient (Wildman–Crippen LogP) is 2.71. The van der Waals surface area contributed by atoms with Crippen molar-refractivity contribution in [1.82, 2.24) is 4.90 Å². The zero-order valence-electron chi connectivity index (χ0n) is 12.8. The molecule has 0 atom stereocenters. The first kappa shape index (κ1) is 18.2. The normalized spacial score (nSPS) is 10.1. The molecule has 0 radical (unpaired) electrons. The number of amides is 1. The predicted molar refractivity (Wildman–Crippen MR) is 83.9 cm³/mol. The van der Waals surface area contributed by atoms with E-state index in [1.54, 1.807) is 24.3 Å². The van der Waals surface area contributed by atoms with Crippen molar-refractivity contribution < 1.29 is 19.1 Å².